The van der Waals surface area contributed by atoms with E-state index in [4.69, 9.17) is 13.9 Å². The molecule has 1 unspecified atom stereocenters. The number of carbonyl (C=O) groups is 1. The van der Waals surface area contributed by atoms with Crippen LogP contribution in [0.3, 0.4) is 0 Å². The molecule has 1 aromatic heterocycles. The molecule has 36 heavy (non-hydrogen) atoms. The van der Waals surface area contributed by atoms with Crippen molar-refractivity contribution in [2.45, 2.75) is 32.4 Å². The molecule has 0 fully saturated rings. The Kier molecular flexibility index (Phi) is 6.57. The number of halogens is 1. The second-order valence-electron chi connectivity index (χ2n) is 8.98. The fraction of sp³-hybridized carbons (Fsp3) is 0.241. The molecule has 0 saturated heterocycles. The summed E-state index contributed by atoms with van der Waals surface area (Å²) in [5, 5.41) is 0.105. The monoisotopic (exact) mass is 487 g/mol. The third kappa shape index (κ3) is 4.62. The first-order valence-electron chi connectivity index (χ1n) is 11.9. The van der Waals surface area contributed by atoms with Gasteiger partial charge < -0.3 is 18.8 Å². The third-order valence-electron chi connectivity index (χ3n) is 6.07. The van der Waals surface area contributed by atoms with E-state index in [1.165, 1.54) is 12.1 Å². The van der Waals surface area contributed by atoms with E-state index < -0.39 is 17.3 Å². The van der Waals surface area contributed by atoms with E-state index in [1.807, 2.05) is 68.4 Å². The topological polar surface area (TPSA) is 69.0 Å². The maximum absolute atomic E-state index is 14.0. The summed E-state index contributed by atoms with van der Waals surface area (Å²) >= 11 is 0. The Hall–Kier alpha value is -3.97. The van der Waals surface area contributed by atoms with Crippen molar-refractivity contribution in [3.63, 3.8) is 0 Å². The van der Waals surface area contributed by atoms with Crippen LogP contribution in [0, 0.1) is 5.82 Å². The molecule has 7 heteroatoms. The number of hydrogen-bond donors (Lipinski definition) is 0. The number of hydrogen-bond acceptors (Lipinski definition) is 5. The van der Waals surface area contributed by atoms with Gasteiger partial charge in [0.1, 0.15) is 22.9 Å². The normalized spacial score (nSPS) is 15.1. The van der Waals surface area contributed by atoms with Gasteiger partial charge in [-0.15, -0.1) is 0 Å². The van der Waals surface area contributed by atoms with Crippen LogP contribution in [-0.2, 0) is 4.74 Å². The molecule has 4 aromatic rings. The molecule has 0 N–H and O–H groups in total. The molecule has 0 bridgehead atoms. The number of para-hydroxylation sites is 1. The maximum atomic E-state index is 14.0. The van der Waals surface area contributed by atoms with Gasteiger partial charge in [-0.1, -0.05) is 30.3 Å². The van der Waals surface area contributed by atoms with Gasteiger partial charge in [-0.05, 0) is 68.3 Å². The first-order chi connectivity index (χ1) is 17.4. The van der Waals surface area contributed by atoms with Crippen LogP contribution >= 0.6 is 0 Å². The number of carbonyl (C=O) groups excluding carboxylic acids is 1. The van der Waals surface area contributed by atoms with Crippen molar-refractivity contribution < 1.29 is 23.1 Å². The van der Waals surface area contributed by atoms with E-state index in [0.29, 0.717) is 36.6 Å². The van der Waals surface area contributed by atoms with E-state index in [2.05, 4.69) is 0 Å². The van der Waals surface area contributed by atoms with Crippen molar-refractivity contribution in [3.8, 4) is 11.5 Å². The zero-order valence-corrected chi connectivity index (χ0v) is 20.1. The van der Waals surface area contributed by atoms with Crippen LogP contribution in [0.15, 0.2) is 82.0 Å². The van der Waals surface area contributed by atoms with E-state index in [-0.39, 0.29) is 34.3 Å². The number of amides is 1. The van der Waals surface area contributed by atoms with Crippen molar-refractivity contribution in [2.24, 2.45) is 0 Å². The summed E-state index contributed by atoms with van der Waals surface area (Å²) in [4.78, 5) is 28.7. The molecule has 0 saturated carbocycles. The van der Waals surface area contributed by atoms with Crippen LogP contribution in [0.4, 0.5) is 4.39 Å². The molecule has 1 aliphatic heterocycles. The number of ether oxygens (including phenoxy) is 2. The van der Waals surface area contributed by atoms with Crippen molar-refractivity contribution >= 4 is 16.9 Å². The SMILES string of the molecule is CC(C)OCCCN1C(=O)c2oc3ccc(F)cc3c(=O)c2C1c1cccc(Oc2ccccc2)c1. The van der Waals surface area contributed by atoms with E-state index in [9.17, 15) is 14.0 Å². The van der Waals surface area contributed by atoms with Gasteiger partial charge in [0, 0.05) is 13.2 Å². The molecule has 3 aromatic carbocycles. The summed E-state index contributed by atoms with van der Waals surface area (Å²) in [6.45, 7) is 4.72. The Labute approximate surface area is 207 Å². The standard InChI is InChI=1S/C29H26FNO5/c1-18(2)34-15-7-14-31-26(19-8-6-11-22(16-19)35-21-9-4-3-5-10-21)25-27(32)23-17-20(30)12-13-24(23)36-28(25)29(31)33/h3-6,8-13,16-18,26H,7,14-15H2,1-2H3. The minimum Gasteiger partial charge on any atom is -0.457 e. The Morgan fingerprint density at radius 3 is 2.53 bits per heavy atom. The van der Waals surface area contributed by atoms with Gasteiger partial charge in [-0.3, -0.25) is 9.59 Å². The summed E-state index contributed by atoms with van der Waals surface area (Å²) in [6, 6.07) is 19.7. The van der Waals surface area contributed by atoms with Crippen molar-refractivity contribution in [2.75, 3.05) is 13.2 Å². The molecule has 0 spiro atoms. The van der Waals surface area contributed by atoms with E-state index >= 15 is 0 Å². The van der Waals surface area contributed by atoms with Crippen LogP contribution in [0.1, 0.15) is 48.0 Å². The third-order valence-corrected chi connectivity index (χ3v) is 6.07. The molecular formula is C29H26FNO5. The predicted octanol–water partition coefficient (Wildman–Crippen LogP) is 6.08. The largest absolute Gasteiger partial charge is 0.457 e. The van der Waals surface area contributed by atoms with Crippen LogP contribution < -0.4 is 10.2 Å². The highest BCUT2D eigenvalue weighted by Crippen LogP contribution is 2.39. The zero-order valence-electron chi connectivity index (χ0n) is 20.1. The summed E-state index contributed by atoms with van der Waals surface area (Å²) in [7, 11) is 0. The molecule has 1 aliphatic rings. The molecule has 184 valence electrons. The smallest absolute Gasteiger partial charge is 0.290 e. The quantitative estimate of drug-likeness (QED) is 0.282. The lowest BCUT2D eigenvalue weighted by Crippen LogP contribution is -2.31. The molecule has 1 amide bonds. The van der Waals surface area contributed by atoms with Gasteiger partial charge in [0.15, 0.2) is 5.43 Å². The average molecular weight is 488 g/mol. The minimum atomic E-state index is -0.699. The van der Waals surface area contributed by atoms with Gasteiger partial charge >= 0.3 is 0 Å². The molecule has 1 atom stereocenters. The molecule has 2 heterocycles. The lowest BCUT2D eigenvalue weighted by Gasteiger charge is -2.25. The highest BCUT2D eigenvalue weighted by Gasteiger charge is 2.42. The summed E-state index contributed by atoms with van der Waals surface area (Å²) < 4.78 is 31.5. The number of benzene rings is 3. The number of rotatable bonds is 8. The van der Waals surface area contributed by atoms with Gasteiger partial charge in [0.25, 0.3) is 5.91 Å². The van der Waals surface area contributed by atoms with E-state index in [1.54, 1.807) is 4.90 Å². The highest BCUT2D eigenvalue weighted by atomic mass is 19.1. The Balaban J connectivity index is 1.58. The number of nitrogens with zero attached hydrogens (tertiary/aromatic N) is 1. The van der Waals surface area contributed by atoms with Crippen molar-refractivity contribution in [1.29, 1.82) is 0 Å². The van der Waals surface area contributed by atoms with Crippen LogP contribution in [0.2, 0.25) is 0 Å². The average Bonchev–Trinajstić information content (AvgIpc) is 3.15. The fourth-order valence-electron chi connectivity index (χ4n) is 4.50. The Morgan fingerprint density at radius 2 is 1.75 bits per heavy atom. The number of fused-ring (bicyclic) bond motifs is 2. The van der Waals surface area contributed by atoms with Crippen molar-refractivity contribution in [3.05, 3.63) is 106 Å². The first kappa shape index (κ1) is 23.8. The summed E-state index contributed by atoms with van der Waals surface area (Å²) in [5.74, 6) is 0.303. The summed E-state index contributed by atoms with van der Waals surface area (Å²) in [5.41, 5.74) is 0.668. The maximum Gasteiger partial charge on any atom is 0.290 e. The predicted molar refractivity (Wildman–Crippen MR) is 134 cm³/mol. The van der Waals surface area contributed by atoms with E-state index in [0.717, 1.165) is 6.07 Å². The minimum absolute atomic E-state index is 0.0109. The van der Waals surface area contributed by atoms with Crippen LogP contribution in [-0.4, -0.2) is 30.1 Å². The van der Waals surface area contributed by atoms with Gasteiger partial charge in [0.05, 0.1) is 23.1 Å². The molecule has 6 nitrogen and oxygen atoms in total. The molecular weight excluding hydrogens is 461 g/mol. The molecule has 0 aliphatic carbocycles. The van der Waals surface area contributed by atoms with Gasteiger partial charge in [-0.2, -0.15) is 0 Å². The lowest BCUT2D eigenvalue weighted by atomic mass is 9.98. The zero-order chi connectivity index (χ0) is 25.2. The Morgan fingerprint density at radius 1 is 0.972 bits per heavy atom. The molecule has 5 rings (SSSR count). The fourth-order valence-corrected chi connectivity index (χ4v) is 4.50. The van der Waals surface area contributed by atoms with Crippen LogP contribution in [0.5, 0.6) is 11.5 Å². The highest BCUT2D eigenvalue weighted by molar-refractivity contribution is 5.99. The lowest BCUT2D eigenvalue weighted by molar-refractivity contribution is 0.0593. The summed E-state index contributed by atoms with van der Waals surface area (Å²) in [6.07, 6.45) is 0.652. The van der Waals surface area contributed by atoms with Gasteiger partial charge in [0.2, 0.25) is 5.76 Å². The van der Waals surface area contributed by atoms with Crippen LogP contribution in [0.25, 0.3) is 11.0 Å². The second-order valence-corrected chi connectivity index (χ2v) is 8.98. The second kappa shape index (κ2) is 9.95. The van der Waals surface area contributed by atoms with Gasteiger partial charge in [-0.25, -0.2) is 4.39 Å². The first-order valence-corrected chi connectivity index (χ1v) is 11.9. The molecule has 0 radical (unpaired) electrons. The Bertz CT molecular complexity index is 1460. The van der Waals surface area contributed by atoms with Crippen molar-refractivity contribution in [1.82, 2.24) is 4.90 Å².